The molecule has 0 saturated heterocycles. The second-order valence-electron chi connectivity index (χ2n) is 4.79. The largest absolute Gasteiger partial charge is 0.416 e. The van der Waals surface area contributed by atoms with Gasteiger partial charge in [0.05, 0.1) is 16.3 Å². The Hall–Kier alpha value is -1.40. The second-order valence-corrected chi connectivity index (χ2v) is 5.85. The topological polar surface area (TPSA) is 24.9 Å². The number of thiazole rings is 1. The number of hydrogen-bond donors (Lipinski definition) is 1. The molecule has 1 N–H and O–H groups in total. The van der Waals surface area contributed by atoms with Crippen molar-refractivity contribution in [3.05, 3.63) is 51.5 Å². The van der Waals surface area contributed by atoms with Crippen LogP contribution in [0.15, 0.2) is 29.6 Å². The first-order valence-corrected chi connectivity index (χ1v) is 7.59. The summed E-state index contributed by atoms with van der Waals surface area (Å²) in [5.41, 5.74) is 1.19. The lowest BCUT2D eigenvalue weighted by Gasteiger charge is -2.18. The van der Waals surface area contributed by atoms with Crippen LogP contribution in [0.1, 0.15) is 34.8 Å². The number of benzene rings is 1. The smallest absolute Gasteiger partial charge is 0.310 e. The number of aryl methyl sites for hydroxylation is 1. The summed E-state index contributed by atoms with van der Waals surface area (Å²) in [6.07, 6.45) is -3.62. The Bertz CT molecular complexity index is 575. The summed E-state index contributed by atoms with van der Waals surface area (Å²) in [4.78, 5) is 4.41. The lowest BCUT2D eigenvalue weighted by molar-refractivity contribution is -0.137. The SMILES string of the molecule is CCNC(Cc1csc(C)n1)c1ccc(C(F)(F)F)cc1. The number of alkyl halides is 3. The number of nitrogens with one attached hydrogen (secondary N) is 1. The summed E-state index contributed by atoms with van der Waals surface area (Å²) in [6, 6.07) is 5.31. The van der Waals surface area contributed by atoms with E-state index in [-0.39, 0.29) is 6.04 Å². The second kappa shape index (κ2) is 6.58. The lowest BCUT2D eigenvalue weighted by Crippen LogP contribution is -2.23. The van der Waals surface area contributed by atoms with E-state index in [9.17, 15) is 13.2 Å². The molecule has 2 rings (SSSR count). The van der Waals surface area contributed by atoms with Crippen molar-refractivity contribution in [1.29, 1.82) is 0 Å². The van der Waals surface area contributed by atoms with Crippen molar-refractivity contribution in [3.8, 4) is 0 Å². The summed E-state index contributed by atoms with van der Waals surface area (Å²) in [7, 11) is 0. The Labute approximate surface area is 126 Å². The Morgan fingerprint density at radius 3 is 2.38 bits per heavy atom. The van der Waals surface area contributed by atoms with E-state index in [1.54, 1.807) is 11.3 Å². The molecule has 0 saturated carbocycles. The molecule has 114 valence electrons. The van der Waals surface area contributed by atoms with Gasteiger partial charge in [-0.25, -0.2) is 4.98 Å². The number of rotatable bonds is 5. The van der Waals surface area contributed by atoms with Gasteiger partial charge in [0.2, 0.25) is 0 Å². The zero-order valence-corrected chi connectivity index (χ0v) is 12.7. The summed E-state index contributed by atoms with van der Waals surface area (Å²) >= 11 is 1.58. The van der Waals surface area contributed by atoms with Crippen LogP contribution in [0.3, 0.4) is 0 Å². The Kier molecular flexibility index (Phi) is 5.00. The number of likely N-dealkylation sites (N-methyl/N-ethyl adjacent to an activating group) is 1. The Morgan fingerprint density at radius 2 is 1.90 bits per heavy atom. The van der Waals surface area contributed by atoms with Gasteiger partial charge in [0.25, 0.3) is 0 Å². The molecule has 0 spiro atoms. The maximum absolute atomic E-state index is 12.6. The van der Waals surface area contributed by atoms with Crippen molar-refractivity contribution < 1.29 is 13.2 Å². The highest BCUT2D eigenvalue weighted by Gasteiger charge is 2.30. The number of nitrogens with zero attached hydrogens (tertiary/aromatic N) is 1. The standard InChI is InChI=1S/C15H17F3N2S/c1-3-19-14(8-13-9-21-10(2)20-13)11-4-6-12(7-5-11)15(16,17)18/h4-7,9,14,19H,3,8H2,1-2H3. The van der Waals surface area contributed by atoms with Crippen LogP contribution in [0.25, 0.3) is 0 Å². The highest BCUT2D eigenvalue weighted by atomic mass is 32.1. The molecule has 1 unspecified atom stereocenters. The molecule has 0 fully saturated rings. The fraction of sp³-hybridized carbons (Fsp3) is 0.400. The maximum atomic E-state index is 12.6. The van der Waals surface area contributed by atoms with Crippen LogP contribution in [0.2, 0.25) is 0 Å². The van der Waals surface area contributed by atoms with Crippen molar-refractivity contribution in [2.45, 2.75) is 32.5 Å². The molecule has 21 heavy (non-hydrogen) atoms. The van der Waals surface area contributed by atoms with Gasteiger partial charge >= 0.3 is 6.18 Å². The highest BCUT2D eigenvalue weighted by molar-refractivity contribution is 7.09. The van der Waals surface area contributed by atoms with Crippen molar-refractivity contribution in [2.24, 2.45) is 0 Å². The predicted octanol–water partition coefficient (Wildman–Crippen LogP) is 4.36. The van der Waals surface area contributed by atoms with Gasteiger partial charge in [0.1, 0.15) is 0 Å². The first-order chi connectivity index (χ1) is 9.90. The quantitative estimate of drug-likeness (QED) is 0.887. The molecule has 1 aromatic heterocycles. The third kappa shape index (κ3) is 4.28. The zero-order chi connectivity index (χ0) is 15.5. The number of aromatic nitrogens is 1. The van der Waals surface area contributed by atoms with E-state index in [0.29, 0.717) is 6.42 Å². The molecule has 0 aliphatic rings. The van der Waals surface area contributed by atoms with Gasteiger partial charge in [0.15, 0.2) is 0 Å². The molecular weight excluding hydrogens is 297 g/mol. The minimum absolute atomic E-state index is 0.0289. The molecule has 2 nitrogen and oxygen atoms in total. The van der Waals surface area contributed by atoms with Crippen LogP contribution in [0.5, 0.6) is 0 Å². The van der Waals surface area contributed by atoms with E-state index in [2.05, 4.69) is 10.3 Å². The summed E-state index contributed by atoms with van der Waals surface area (Å²) < 4.78 is 37.8. The zero-order valence-electron chi connectivity index (χ0n) is 11.9. The van der Waals surface area contributed by atoms with E-state index in [1.165, 1.54) is 12.1 Å². The maximum Gasteiger partial charge on any atom is 0.416 e. The van der Waals surface area contributed by atoms with Gasteiger partial charge < -0.3 is 5.32 Å². The summed E-state index contributed by atoms with van der Waals surface area (Å²) in [5.74, 6) is 0. The molecule has 6 heteroatoms. The third-order valence-corrected chi connectivity index (χ3v) is 3.99. The van der Waals surface area contributed by atoms with Gasteiger partial charge in [-0.1, -0.05) is 19.1 Å². The summed E-state index contributed by atoms with van der Waals surface area (Å²) in [6.45, 7) is 4.66. The van der Waals surface area contributed by atoms with Crippen LogP contribution in [-0.4, -0.2) is 11.5 Å². The van der Waals surface area contributed by atoms with E-state index in [1.807, 2.05) is 19.2 Å². The van der Waals surface area contributed by atoms with Crippen LogP contribution in [0.4, 0.5) is 13.2 Å². The molecule has 0 bridgehead atoms. The normalized spacial score (nSPS) is 13.4. The van der Waals surface area contributed by atoms with Crippen LogP contribution < -0.4 is 5.32 Å². The molecule has 0 radical (unpaired) electrons. The lowest BCUT2D eigenvalue weighted by atomic mass is 10.0. The van der Waals surface area contributed by atoms with Crippen molar-refractivity contribution in [2.75, 3.05) is 6.54 Å². The van der Waals surface area contributed by atoms with Gasteiger partial charge in [-0.3, -0.25) is 0 Å². The van der Waals surface area contributed by atoms with Crippen molar-refractivity contribution in [3.63, 3.8) is 0 Å². The number of hydrogen-bond acceptors (Lipinski definition) is 3. The average molecular weight is 314 g/mol. The molecule has 1 atom stereocenters. The first-order valence-electron chi connectivity index (χ1n) is 6.71. The minimum Gasteiger partial charge on any atom is -0.310 e. The highest BCUT2D eigenvalue weighted by Crippen LogP contribution is 2.30. The fourth-order valence-electron chi connectivity index (χ4n) is 2.17. The van der Waals surface area contributed by atoms with Gasteiger partial charge in [-0.05, 0) is 31.2 Å². The molecule has 2 aromatic rings. The minimum atomic E-state index is -4.29. The predicted molar refractivity (Wildman–Crippen MR) is 78.4 cm³/mol. The molecule has 1 aromatic carbocycles. The summed E-state index contributed by atoms with van der Waals surface area (Å²) in [5, 5.41) is 6.28. The van der Waals surface area contributed by atoms with E-state index in [0.717, 1.165) is 34.9 Å². The first kappa shape index (κ1) is 16.0. The van der Waals surface area contributed by atoms with Gasteiger partial charge in [-0.15, -0.1) is 11.3 Å². The van der Waals surface area contributed by atoms with Crippen molar-refractivity contribution in [1.82, 2.24) is 10.3 Å². The molecule has 1 heterocycles. The average Bonchev–Trinajstić information content (AvgIpc) is 2.83. The van der Waals surface area contributed by atoms with Crippen LogP contribution in [0, 0.1) is 6.92 Å². The van der Waals surface area contributed by atoms with Gasteiger partial charge in [0, 0.05) is 17.8 Å². The van der Waals surface area contributed by atoms with E-state index in [4.69, 9.17) is 0 Å². The van der Waals surface area contributed by atoms with Crippen molar-refractivity contribution >= 4 is 11.3 Å². The van der Waals surface area contributed by atoms with Crippen LogP contribution >= 0.6 is 11.3 Å². The van der Waals surface area contributed by atoms with Gasteiger partial charge in [-0.2, -0.15) is 13.2 Å². The third-order valence-electron chi connectivity index (χ3n) is 3.17. The van der Waals surface area contributed by atoms with E-state index >= 15 is 0 Å². The molecular formula is C15H17F3N2S. The molecule has 0 amide bonds. The van der Waals surface area contributed by atoms with E-state index < -0.39 is 11.7 Å². The fourth-order valence-corrected chi connectivity index (χ4v) is 2.80. The Morgan fingerprint density at radius 1 is 1.24 bits per heavy atom. The number of halogens is 3. The Balaban J connectivity index is 2.17. The molecule has 0 aliphatic carbocycles. The molecule has 0 aliphatic heterocycles. The van der Waals surface area contributed by atoms with Crippen LogP contribution in [-0.2, 0) is 12.6 Å². The monoisotopic (exact) mass is 314 g/mol.